The molecule has 1 saturated heterocycles. The Morgan fingerprint density at radius 1 is 1.15 bits per heavy atom. The number of carbonyl (C=O) groups is 1. The molecule has 2 aromatic rings. The molecule has 1 aromatic carbocycles. The van der Waals surface area contributed by atoms with Crippen molar-refractivity contribution in [3.63, 3.8) is 0 Å². The van der Waals surface area contributed by atoms with Crippen molar-refractivity contribution >= 4 is 21.7 Å². The van der Waals surface area contributed by atoms with Gasteiger partial charge in [-0.05, 0) is 87.2 Å². The molecule has 2 amide bonds. The van der Waals surface area contributed by atoms with Crippen LogP contribution < -0.4 is 14.8 Å². The average molecular weight is 485 g/mol. The molecule has 0 bridgehead atoms. The number of likely N-dealkylation sites (tertiary alicyclic amines) is 1. The van der Waals surface area contributed by atoms with Crippen molar-refractivity contribution in [2.75, 3.05) is 25.5 Å². The van der Waals surface area contributed by atoms with E-state index in [2.05, 4.69) is 33.0 Å². The van der Waals surface area contributed by atoms with Crippen LogP contribution in [0.15, 0.2) is 24.4 Å². The number of benzene rings is 1. The number of carbonyl (C=O) groups excluding carboxylic acids is 1. The van der Waals surface area contributed by atoms with Crippen LogP contribution in [0.3, 0.4) is 0 Å². The highest BCUT2D eigenvalue weighted by atomic mass is 32.2. The van der Waals surface area contributed by atoms with Crippen LogP contribution in [0.4, 0.5) is 10.5 Å². The maximum atomic E-state index is 12.8. The molecular weight excluding hydrogens is 452 g/mol. The molecule has 1 saturated carbocycles. The zero-order chi connectivity index (χ0) is 23.9. The van der Waals surface area contributed by atoms with Gasteiger partial charge in [0, 0.05) is 30.9 Å². The van der Waals surface area contributed by atoms with E-state index < -0.39 is 21.3 Å². The van der Waals surface area contributed by atoms with Crippen molar-refractivity contribution in [1.82, 2.24) is 14.6 Å². The first-order valence-electron chi connectivity index (χ1n) is 12.1. The monoisotopic (exact) mass is 484 g/mol. The lowest BCUT2D eigenvalue weighted by atomic mass is 9.93. The fourth-order valence-corrected chi connectivity index (χ4v) is 6.27. The van der Waals surface area contributed by atoms with E-state index >= 15 is 0 Å². The number of piperidine rings is 1. The van der Waals surface area contributed by atoms with Gasteiger partial charge in [0.1, 0.15) is 6.10 Å². The number of rotatable bonds is 6. The molecule has 8 nitrogen and oxygen atoms in total. The summed E-state index contributed by atoms with van der Waals surface area (Å²) in [6.07, 6.45) is 7.80. The number of nitrogens with one attached hydrogen (secondary N) is 2. The fraction of sp³-hybridized carbons (Fsp3) is 0.520. The van der Waals surface area contributed by atoms with Crippen molar-refractivity contribution in [2.45, 2.75) is 63.2 Å². The summed E-state index contributed by atoms with van der Waals surface area (Å²) in [7, 11) is -1.51. The van der Waals surface area contributed by atoms with Gasteiger partial charge in [-0.15, -0.1) is 0 Å². The number of fused-ring (bicyclic) bond motifs is 1. The zero-order valence-corrected chi connectivity index (χ0v) is 20.6. The highest BCUT2D eigenvalue weighted by molar-refractivity contribution is 7.90. The summed E-state index contributed by atoms with van der Waals surface area (Å²) in [6, 6.07) is 5.31. The molecule has 0 atom stereocenters. The molecule has 182 valence electrons. The predicted octanol–water partition coefficient (Wildman–Crippen LogP) is 3.63. The van der Waals surface area contributed by atoms with Crippen LogP contribution in [0, 0.1) is 6.92 Å². The highest BCUT2D eigenvalue weighted by Crippen LogP contribution is 2.41. The third-order valence-corrected chi connectivity index (χ3v) is 8.83. The number of amides is 2. The molecule has 0 radical (unpaired) electrons. The second-order valence-corrected chi connectivity index (χ2v) is 11.7. The Balaban J connectivity index is 1.45. The van der Waals surface area contributed by atoms with Crippen LogP contribution in [0.25, 0.3) is 11.1 Å². The lowest BCUT2D eigenvalue weighted by molar-refractivity contribution is 0.110. The van der Waals surface area contributed by atoms with Gasteiger partial charge < -0.3 is 15.0 Å². The summed E-state index contributed by atoms with van der Waals surface area (Å²) in [4.78, 5) is 19.5. The molecule has 3 aliphatic rings. The normalized spacial score (nSPS) is 19.0. The van der Waals surface area contributed by atoms with Gasteiger partial charge in [-0.25, -0.2) is 22.9 Å². The van der Waals surface area contributed by atoms with Crippen LogP contribution in [-0.4, -0.2) is 55.8 Å². The molecule has 2 N–H and O–H groups in total. The van der Waals surface area contributed by atoms with E-state index in [1.54, 1.807) is 6.20 Å². The molecule has 9 heteroatoms. The van der Waals surface area contributed by atoms with Crippen molar-refractivity contribution in [3.05, 3.63) is 41.1 Å². The van der Waals surface area contributed by atoms with E-state index in [0.717, 1.165) is 67.4 Å². The van der Waals surface area contributed by atoms with Crippen LogP contribution in [0.5, 0.6) is 5.88 Å². The van der Waals surface area contributed by atoms with Crippen LogP contribution in [-0.2, 0) is 22.9 Å². The van der Waals surface area contributed by atoms with E-state index in [1.165, 1.54) is 5.56 Å². The van der Waals surface area contributed by atoms with Gasteiger partial charge in [0.15, 0.2) is 0 Å². The number of urea groups is 1. The Kier molecular flexibility index (Phi) is 6.24. The lowest BCUT2D eigenvalue weighted by Gasteiger charge is -2.29. The molecule has 1 aliphatic heterocycles. The number of nitrogens with zero attached hydrogens (tertiary/aromatic N) is 2. The standard InChI is InChI=1S/C25H32N4O4S/c1-16-14-17-4-3-5-21(17)24(27-25(30)28-34(31,32)20-6-7-20)23(16)18-8-11-26-22(15-18)33-19-9-12-29(2)13-10-19/h8,11,14-15,19-20H,3-7,9-10,12-13H2,1-2H3,(H2,27,28,30). The molecule has 2 aliphatic carbocycles. The second kappa shape index (κ2) is 9.19. The minimum Gasteiger partial charge on any atom is -0.474 e. The molecule has 1 aromatic heterocycles. The first-order valence-corrected chi connectivity index (χ1v) is 13.6. The topological polar surface area (TPSA) is 101 Å². The Bertz CT molecular complexity index is 1200. The largest absolute Gasteiger partial charge is 0.474 e. The number of aromatic nitrogens is 1. The Labute approximate surface area is 201 Å². The third-order valence-electron chi connectivity index (χ3n) is 7.01. The van der Waals surface area contributed by atoms with Crippen molar-refractivity contribution in [1.29, 1.82) is 0 Å². The summed E-state index contributed by atoms with van der Waals surface area (Å²) in [5, 5.41) is 2.44. The lowest BCUT2D eigenvalue weighted by Crippen LogP contribution is -2.36. The molecule has 5 rings (SSSR count). The summed E-state index contributed by atoms with van der Waals surface area (Å²) in [5.41, 5.74) is 5.78. The zero-order valence-electron chi connectivity index (χ0n) is 19.8. The maximum absolute atomic E-state index is 12.8. The number of hydrogen-bond donors (Lipinski definition) is 2. The first kappa shape index (κ1) is 23.1. The molecule has 2 fully saturated rings. The number of anilines is 1. The van der Waals surface area contributed by atoms with Crippen LogP contribution >= 0.6 is 0 Å². The van der Waals surface area contributed by atoms with Gasteiger partial charge in [0.2, 0.25) is 15.9 Å². The molecule has 0 unspecified atom stereocenters. The number of pyridine rings is 1. The minimum absolute atomic E-state index is 0.135. The van der Waals surface area contributed by atoms with Gasteiger partial charge >= 0.3 is 6.03 Å². The fourth-order valence-electron chi connectivity index (χ4n) is 5.04. The van der Waals surface area contributed by atoms with E-state index in [1.807, 2.05) is 19.1 Å². The molecular formula is C25H32N4O4S. The van der Waals surface area contributed by atoms with E-state index in [4.69, 9.17) is 4.74 Å². The van der Waals surface area contributed by atoms with E-state index in [-0.39, 0.29) is 6.10 Å². The molecule has 34 heavy (non-hydrogen) atoms. The highest BCUT2D eigenvalue weighted by Gasteiger charge is 2.37. The Hall–Kier alpha value is -2.65. The van der Waals surface area contributed by atoms with Gasteiger partial charge in [-0.3, -0.25) is 0 Å². The predicted molar refractivity (Wildman–Crippen MR) is 132 cm³/mol. The number of ether oxygens (including phenoxy) is 1. The summed E-state index contributed by atoms with van der Waals surface area (Å²) >= 11 is 0. The third kappa shape index (κ3) is 4.90. The van der Waals surface area contributed by atoms with Crippen molar-refractivity contribution in [2.24, 2.45) is 0 Å². The Morgan fingerprint density at radius 2 is 1.91 bits per heavy atom. The maximum Gasteiger partial charge on any atom is 0.332 e. The van der Waals surface area contributed by atoms with Crippen molar-refractivity contribution in [3.8, 4) is 17.0 Å². The van der Waals surface area contributed by atoms with Crippen LogP contribution in [0.2, 0.25) is 0 Å². The summed E-state index contributed by atoms with van der Waals surface area (Å²) < 4.78 is 33.0. The van der Waals surface area contributed by atoms with Gasteiger partial charge in [-0.2, -0.15) is 0 Å². The number of sulfonamides is 1. The van der Waals surface area contributed by atoms with Crippen LogP contribution in [0.1, 0.15) is 48.8 Å². The van der Waals surface area contributed by atoms with Gasteiger partial charge in [0.05, 0.1) is 10.9 Å². The molecule has 0 spiro atoms. The first-order chi connectivity index (χ1) is 16.3. The Morgan fingerprint density at radius 3 is 2.65 bits per heavy atom. The second-order valence-electron chi connectivity index (χ2n) is 9.74. The minimum atomic E-state index is -3.63. The number of aryl methyl sites for hydroxylation is 2. The van der Waals surface area contributed by atoms with Crippen molar-refractivity contribution < 1.29 is 17.9 Å². The smallest absolute Gasteiger partial charge is 0.332 e. The average Bonchev–Trinajstić information content (AvgIpc) is 3.55. The SMILES string of the molecule is Cc1cc2c(c(NC(=O)NS(=O)(=O)C3CC3)c1-c1ccnc(OC3CCN(C)CC3)c1)CCC2. The molecule has 2 heterocycles. The van der Waals surface area contributed by atoms with E-state index in [0.29, 0.717) is 24.4 Å². The number of hydrogen-bond acceptors (Lipinski definition) is 6. The van der Waals surface area contributed by atoms with Gasteiger partial charge in [-0.1, -0.05) is 6.07 Å². The summed E-state index contributed by atoms with van der Waals surface area (Å²) in [5.74, 6) is 0.568. The quantitative estimate of drug-likeness (QED) is 0.649. The van der Waals surface area contributed by atoms with Gasteiger partial charge in [0.25, 0.3) is 0 Å². The summed E-state index contributed by atoms with van der Waals surface area (Å²) in [6.45, 7) is 4.03. The van der Waals surface area contributed by atoms with E-state index in [9.17, 15) is 13.2 Å².